The molecule has 7 unspecified atom stereocenters. The Morgan fingerprint density at radius 2 is 0.897 bits per heavy atom. The maximum atomic E-state index is 13.0. The largest absolute Gasteiger partial charge is 0.394 e. The van der Waals surface area contributed by atoms with Crippen molar-refractivity contribution in [3.63, 3.8) is 0 Å². The van der Waals surface area contributed by atoms with Crippen LogP contribution in [0.2, 0.25) is 0 Å². The number of amides is 1. The summed E-state index contributed by atoms with van der Waals surface area (Å²) in [5, 5.41) is 54.4. The number of allylic oxidation sites excluding steroid dienone is 5. The fourth-order valence-corrected chi connectivity index (χ4v) is 9.31. The van der Waals surface area contributed by atoms with Crippen molar-refractivity contribution >= 4 is 5.91 Å². The lowest BCUT2D eigenvalue weighted by atomic mass is 9.99. The van der Waals surface area contributed by atoms with Crippen molar-refractivity contribution in [2.45, 2.75) is 320 Å². The van der Waals surface area contributed by atoms with Gasteiger partial charge in [0, 0.05) is 6.42 Å². The fraction of sp³-hybridized carbons (Fsp3) is 0.881. The van der Waals surface area contributed by atoms with Gasteiger partial charge in [-0.05, 0) is 44.9 Å². The predicted octanol–water partition coefficient (Wildman–Crippen LogP) is 14.4. The van der Waals surface area contributed by atoms with Crippen molar-refractivity contribution in [1.82, 2.24) is 5.32 Å². The summed E-state index contributed by atoms with van der Waals surface area (Å²) in [6.45, 7) is 3.72. The molecule has 1 aliphatic rings. The van der Waals surface area contributed by atoms with Gasteiger partial charge in [0.2, 0.25) is 5.91 Å². The third kappa shape index (κ3) is 38.1. The Labute approximate surface area is 419 Å². The number of ether oxygens (including phenoxy) is 2. The average molecular weight is 963 g/mol. The lowest BCUT2D eigenvalue weighted by Gasteiger charge is -2.40. The van der Waals surface area contributed by atoms with E-state index in [4.69, 9.17) is 9.47 Å². The fourth-order valence-electron chi connectivity index (χ4n) is 9.31. The highest BCUT2D eigenvalue weighted by molar-refractivity contribution is 5.76. The second kappa shape index (κ2) is 49.0. The Balaban J connectivity index is 2.13. The van der Waals surface area contributed by atoms with E-state index in [2.05, 4.69) is 43.5 Å². The Bertz CT molecular complexity index is 1160. The van der Waals surface area contributed by atoms with Crippen molar-refractivity contribution in [3.8, 4) is 0 Å². The zero-order chi connectivity index (χ0) is 49.4. The van der Waals surface area contributed by atoms with Gasteiger partial charge in [-0.25, -0.2) is 0 Å². The normalized spacial score (nSPS) is 19.8. The Hall–Kier alpha value is -1.59. The Morgan fingerprint density at radius 3 is 1.32 bits per heavy atom. The molecule has 0 saturated carbocycles. The summed E-state index contributed by atoms with van der Waals surface area (Å²) in [6.07, 6.45) is 56.6. The zero-order valence-corrected chi connectivity index (χ0v) is 44.4. The van der Waals surface area contributed by atoms with E-state index in [9.17, 15) is 30.3 Å². The smallest absolute Gasteiger partial charge is 0.220 e. The molecule has 6 N–H and O–H groups in total. The van der Waals surface area contributed by atoms with Gasteiger partial charge in [-0.3, -0.25) is 4.79 Å². The van der Waals surface area contributed by atoms with Crippen molar-refractivity contribution in [2.75, 3.05) is 13.2 Å². The highest BCUT2D eigenvalue weighted by Crippen LogP contribution is 2.23. The first kappa shape index (κ1) is 64.4. The highest BCUT2D eigenvalue weighted by atomic mass is 16.7. The van der Waals surface area contributed by atoms with Crippen LogP contribution >= 0.6 is 0 Å². The van der Waals surface area contributed by atoms with E-state index in [1.54, 1.807) is 6.08 Å². The summed E-state index contributed by atoms with van der Waals surface area (Å²) in [5.74, 6) is -0.190. The SMILES string of the molecule is CCC/C=C\C/C=C\CCCCCCCC(=O)NC(COC1OC(CO)C(O)C(O)C1O)C(O)/C=C/CCCCCCCCCCCCCCCCCCCCCCCCCCCCCCCC. The molecule has 0 aliphatic carbocycles. The minimum atomic E-state index is -1.57. The summed E-state index contributed by atoms with van der Waals surface area (Å²) in [5.41, 5.74) is 0. The van der Waals surface area contributed by atoms with Crippen LogP contribution in [0.4, 0.5) is 0 Å². The lowest BCUT2D eigenvalue weighted by molar-refractivity contribution is -0.302. The molecule has 7 atom stereocenters. The molecule has 1 saturated heterocycles. The van der Waals surface area contributed by atoms with Gasteiger partial charge in [-0.15, -0.1) is 0 Å². The summed E-state index contributed by atoms with van der Waals surface area (Å²) in [4.78, 5) is 13.0. The molecule has 9 nitrogen and oxygen atoms in total. The van der Waals surface area contributed by atoms with Crippen LogP contribution in [0.15, 0.2) is 36.5 Å². The molecule has 1 rings (SSSR count). The van der Waals surface area contributed by atoms with Gasteiger partial charge >= 0.3 is 0 Å². The third-order valence-electron chi connectivity index (χ3n) is 13.9. The maximum Gasteiger partial charge on any atom is 0.220 e. The molecule has 400 valence electrons. The van der Waals surface area contributed by atoms with E-state index in [1.165, 1.54) is 186 Å². The number of nitrogens with one attached hydrogen (secondary N) is 1. The minimum absolute atomic E-state index is 0.190. The van der Waals surface area contributed by atoms with E-state index < -0.39 is 49.5 Å². The van der Waals surface area contributed by atoms with Crippen LogP contribution < -0.4 is 5.32 Å². The molecule has 1 fully saturated rings. The Kier molecular flexibility index (Phi) is 46.4. The van der Waals surface area contributed by atoms with Crippen LogP contribution in [0, 0.1) is 0 Å². The summed E-state index contributed by atoms with van der Waals surface area (Å²) in [6, 6.07) is -0.812. The molecule has 1 aliphatic heterocycles. The van der Waals surface area contributed by atoms with Crippen LogP contribution in [-0.4, -0.2) is 87.5 Å². The van der Waals surface area contributed by atoms with Crippen LogP contribution in [0.3, 0.4) is 0 Å². The molecule has 9 heteroatoms. The molecule has 0 radical (unpaired) electrons. The number of carbonyl (C=O) groups is 1. The second-order valence-electron chi connectivity index (χ2n) is 20.4. The molecule has 68 heavy (non-hydrogen) atoms. The standard InChI is InChI=1S/C59H111NO8/c1-3-5-7-9-11-13-15-17-18-19-20-21-22-23-24-25-26-27-28-29-30-31-32-33-34-35-37-38-40-42-44-46-48-53(62)52(51-67-59-58(66)57(65)56(64)54(50-61)68-59)60-55(63)49-47-45-43-41-39-36-16-14-12-10-8-6-4-2/h8,10,14,16,46,48,52-54,56-59,61-62,64-66H,3-7,9,11-13,15,17-45,47,49-51H2,1-2H3,(H,60,63)/b10-8-,16-14-,48-46+. The second-order valence-corrected chi connectivity index (χ2v) is 20.4. The number of carbonyl (C=O) groups excluding carboxylic acids is 1. The van der Waals surface area contributed by atoms with Gasteiger partial charge in [0.1, 0.15) is 24.4 Å². The molecule has 0 bridgehead atoms. The number of unbranched alkanes of at least 4 members (excludes halogenated alkanes) is 36. The Morgan fingerprint density at radius 1 is 0.500 bits per heavy atom. The van der Waals surface area contributed by atoms with Crippen molar-refractivity contribution in [1.29, 1.82) is 0 Å². The van der Waals surface area contributed by atoms with Crippen LogP contribution in [0.5, 0.6) is 0 Å². The topological polar surface area (TPSA) is 149 Å². The van der Waals surface area contributed by atoms with E-state index in [0.29, 0.717) is 6.42 Å². The van der Waals surface area contributed by atoms with Crippen LogP contribution in [0.25, 0.3) is 0 Å². The summed E-state index contributed by atoms with van der Waals surface area (Å²) < 4.78 is 11.2. The van der Waals surface area contributed by atoms with E-state index in [0.717, 1.165) is 70.6 Å². The van der Waals surface area contributed by atoms with Crippen molar-refractivity contribution in [3.05, 3.63) is 36.5 Å². The first-order valence-corrected chi connectivity index (χ1v) is 29.2. The van der Waals surface area contributed by atoms with Crippen LogP contribution in [0.1, 0.15) is 277 Å². The number of aliphatic hydroxyl groups excluding tert-OH is 5. The molecule has 0 aromatic rings. The van der Waals surface area contributed by atoms with Gasteiger partial charge in [0.15, 0.2) is 6.29 Å². The van der Waals surface area contributed by atoms with Crippen molar-refractivity contribution < 1.29 is 39.8 Å². The van der Waals surface area contributed by atoms with E-state index in [1.807, 2.05) is 6.08 Å². The van der Waals surface area contributed by atoms with E-state index in [-0.39, 0.29) is 12.5 Å². The van der Waals surface area contributed by atoms with Gasteiger partial charge in [-0.1, -0.05) is 262 Å². The predicted molar refractivity (Wildman–Crippen MR) is 286 cm³/mol. The zero-order valence-electron chi connectivity index (χ0n) is 44.4. The molecular weight excluding hydrogens is 851 g/mol. The molecule has 0 spiro atoms. The first-order valence-electron chi connectivity index (χ1n) is 29.2. The number of hydrogen-bond donors (Lipinski definition) is 6. The maximum absolute atomic E-state index is 13.0. The van der Waals surface area contributed by atoms with Gasteiger partial charge in [0.05, 0.1) is 25.4 Å². The molecule has 1 amide bonds. The molecular formula is C59H111NO8. The summed E-state index contributed by atoms with van der Waals surface area (Å²) >= 11 is 0. The molecule has 1 heterocycles. The average Bonchev–Trinajstić information content (AvgIpc) is 3.34. The number of aliphatic hydroxyl groups is 5. The minimum Gasteiger partial charge on any atom is -0.394 e. The molecule has 0 aromatic carbocycles. The van der Waals surface area contributed by atoms with Gasteiger partial charge in [-0.2, -0.15) is 0 Å². The lowest BCUT2D eigenvalue weighted by Crippen LogP contribution is -2.60. The third-order valence-corrected chi connectivity index (χ3v) is 13.9. The number of rotatable bonds is 50. The number of hydrogen-bond acceptors (Lipinski definition) is 8. The van der Waals surface area contributed by atoms with E-state index >= 15 is 0 Å². The molecule has 0 aromatic heterocycles. The first-order chi connectivity index (χ1) is 33.3. The van der Waals surface area contributed by atoms with Gasteiger partial charge < -0.3 is 40.3 Å². The van der Waals surface area contributed by atoms with Gasteiger partial charge in [0.25, 0.3) is 0 Å². The van der Waals surface area contributed by atoms with Crippen LogP contribution in [-0.2, 0) is 14.3 Å². The monoisotopic (exact) mass is 962 g/mol. The quantitative estimate of drug-likeness (QED) is 0.0261. The summed E-state index contributed by atoms with van der Waals surface area (Å²) in [7, 11) is 0. The highest BCUT2D eigenvalue weighted by Gasteiger charge is 2.44. The van der Waals surface area contributed by atoms with Crippen molar-refractivity contribution in [2.24, 2.45) is 0 Å².